The number of hydrogen-bond acceptors (Lipinski definition) is 5. The van der Waals surface area contributed by atoms with Gasteiger partial charge in [0.1, 0.15) is 6.54 Å². The first-order chi connectivity index (χ1) is 13.0. The molecule has 1 N–H and O–H groups in total. The van der Waals surface area contributed by atoms with Gasteiger partial charge in [-0.3, -0.25) is 19.5 Å². The van der Waals surface area contributed by atoms with Crippen LogP contribution >= 0.6 is 0 Å². The van der Waals surface area contributed by atoms with Gasteiger partial charge in [-0.15, -0.1) is 0 Å². The highest BCUT2D eigenvalue weighted by Gasteiger charge is 2.33. The van der Waals surface area contributed by atoms with Gasteiger partial charge < -0.3 is 9.73 Å². The summed E-state index contributed by atoms with van der Waals surface area (Å²) in [6, 6.07) is 13.4. The second-order valence-electron chi connectivity index (χ2n) is 6.66. The molecule has 3 aromatic rings. The number of aromatic nitrogens is 1. The Balaban J connectivity index is 1.59. The standard InChI is InChI=1S/C19H17N3O5/c23-17(20-18(13-6-7-13)12-4-2-1-3-5-12)11-21-15-10-14(22(25)26)8-9-16(15)27-19(21)24/h1-5,8-10,13,18H,6-7,11H2,(H,20,23). The van der Waals surface area contributed by atoms with Crippen LogP contribution in [0.3, 0.4) is 0 Å². The number of nitro groups is 1. The quantitative estimate of drug-likeness (QED) is 0.532. The lowest BCUT2D eigenvalue weighted by Gasteiger charge is -2.18. The fourth-order valence-corrected chi connectivity index (χ4v) is 3.24. The summed E-state index contributed by atoms with van der Waals surface area (Å²) in [4.78, 5) is 35.1. The predicted molar refractivity (Wildman–Crippen MR) is 97.2 cm³/mol. The fraction of sp³-hybridized carbons (Fsp3) is 0.263. The molecule has 1 amide bonds. The number of non-ortho nitro benzene ring substituents is 1. The predicted octanol–water partition coefficient (Wildman–Crippen LogP) is 2.77. The number of rotatable bonds is 6. The molecule has 4 rings (SSSR count). The van der Waals surface area contributed by atoms with E-state index in [-0.39, 0.29) is 35.3 Å². The molecule has 1 aliphatic carbocycles. The van der Waals surface area contributed by atoms with E-state index in [4.69, 9.17) is 4.42 Å². The summed E-state index contributed by atoms with van der Waals surface area (Å²) in [5.74, 6) is -0.675. The van der Waals surface area contributed by atoms with Gasteiger partial charge in [0.15, 0.2) is 5.58 Å². The second kappa shape index (κ2) is 6.71. The molecule has 0 spiro atoms. The number of nitro benzene ring substituents is 1. The highest BCUT2D eigenvalue weighted by atomic mass is 16.6. The molecule has 8 heteroatoms. The average Bonchev–Trinajstić information content (AvgIpc) is 3.45. The van der Waals surface area contributed by atoms with Gasteiger partial charge in [0.25, 0.3) is 5.69 Å². The number of amides is 1. The van der Waals surface area contributed by atoms with Crippen LogP contribution in [0.25, 0.3) is 11.1 Å². The molecular formula is C19H17N3O5. The number of fused-ring (bicyclic) bond motifs is 1. The van der Waals surface area contributed by atoms with E-state index in [0.29, 0.717) is 5.92 Å². The third-order valence-electron chi connectivity index (χ3n) is 4.73. The molecule has 0 bridgehead atoms. The Hall–Kier alpha value is -3.42. The first kappa shape index (κ1) is 17.0. The van der Waals surface area contributed by atoms with E-state index in [2.05, 4.69) is 5.32 Å². The molecule has 1 atom stereocenters. The minimum atomic E-state index is -0.719. The largest absolute Gasteiger partial charge is 0.420 e. The van der Waals surface area contributed by atoms with Gasteiger partial charge in [0.05, 0.1) is 16.5 Å². The number of nitrogens with zero attached hydrogens (tertiary/aromatic N) is 2. The molecule has 0 aliphatic heterocycles. The zero-order valence-corrected chi connectivity index (χ0v) is 14.3. The van der Waals surface area contributed by atoms with Crippen LogP contribution in [0.1, 0.15) is 24.4 Å². The number of carbonyl (C=O) groups excluding carboxylic acids is 1. The van der Waals surface area contributed by atoms with Crippen molar-refractivity contribution in [2.24, 2.45) is 5.92 Å². The molecule has 1 unspecified atom stereocenters. The lowest BCUT2D eigenvalue weighted by molar-refractivity contribution is -0.384. The van der Waals surface area contributed by atoms with Crippen molar-refractivity contribution >= 4 is 22.7 Å². The zero-order valence-electron chi connectivity index (χ0n) is 14.3. The molecule has 27 heavy (non-hydrogen) atoms. The monoisotopic (exact) mass is 367 g/mol. The first-order valence-corrected chi connectivity index (χ1v) is 8.65. The van der Waals surface area contributed by atoms with Crippen molar-refractivity contribution in [3.63, 3.8) is 0 Å². The lowest BCUT2D eigenvalue weighted by Crippen LogP contribution is -2.34. The number of hydrogen-bond donors (Lipinski definition) is 1. The molecule has 2 aromatic carbocycles. The fourth-order valence-electron chi connectivity index (χ4n) is 3.24. The van der Waals surface area contributed by atoms with Crippen LogP contribution in [-0.4, -0.2) is 15.4 Å². The summed E-state index contributed by atoms with van der Waals surface area (Å²) in [5.41, 5.74) is 1.29. The molecule has 138 valence electrons. The van der Waals surface area contributed by atoms with Gasteiger partial charge in [-0.2, -0.15) is 0 Å². The van der Waals surface area contributed by atoms with Gasteiger partial charge in [-0.25, -0.2) is 4.79 Å². The maximum atomic E-state index is 12.6. The minimum Gasteiger partial charge on any atom is -0.408 e. The zero-order chi connectivity index (χ0) is 19.0. The SMILES string of the molecule is O=C(Cn1c(=O)oc2ccc([N+](=O)[O-])cc21)NC(c1ccccc1)C1CC1. The molecule has 0 saturated heterocycles. The van der Waals surface area contributed by atoms with Crippen LogP contribution in [-0.2, 0) is 11.3 Å². The van der Waals surface area contributed by atoms with Gasteiger partial charge in [-0.05, 0) is 30.4 Å². The third-order valence-corrected chi connectivity index (χ3v) is 4.73. The highest BCUT2D eigenvalue weighted by molar-refractivity contribution is 5.81. The van der Waals surface area contributed by atoms with Crippen molar-refractivity contribution in [3.05, 3.63) is 74.8 Å². The number of carbonyl (C=O) groups is 1. The van der Waals surface area contributed by atoms with E-state index in [1.807, 2.05) is 30.3 Å². The van der Waals surface area contributed by atoms with Crippen molar-refractivity contribution in [3.8, 4) is 0 Å². The Kier molecular flexibility index (Phi) is 4.23. The Morgan fingerprint density at radius 3 is 2.67 bits per heavy atom. The van der Waals surface area contributed by atoms with Crippen molar-refractivity contribution in [1.82, 2.24) is 9.88 Å². The van der Waals surface area contributed by atoms with Crippen molar-refractivity contribution in [2.45, 2.75) is 25.4 Å². The molecule has 1 fully saturated rings. The van der Waals surface area contributed by atoms with Crippen LogP contribution in [0.5, 0.6) is 0 Å². The van der Waals surface area contributed by atoms with E-state index < -0.39 is 10.7 Å². The van der Waals surface area contributed by atoms with Crippen LogP contribution in [0, 0.1) is 16.0 Å². The van der Waals surface area contributed by atoms with E-state index in [1.54, 1.807) is 0 Å². The Morgan fingerprint density at radius 2 is 2.00 bits per heavy atom. The number of benzene rings is 2. The smallest absolute Gasteiger partial charge is 0.408 e. The Morgan fingerprint density at radius 1 is 1.26 bits per heavy atom. The number of nitrogens with one attached hydrogen (secondary N) is 1. The molecular weight excluding hydrogens is 350 g/mol. The first-order valence-electron chi connectivity index (χ1n) is 8.65. The maximum Gasteiger partial charge on any atom is 0.420 e. The van der Waals surface area contributed by atoms with E-state index >= 15 is 0 Å². The summed E-state index contributed by atoms with van der Waals surface area (Å²) in [6.45, 7) is -0.261. The van der Waals surface area contributed by atoms with Gasteiger partial charge in [0, 0.05) is 12.1 Å². The Labute approximate surface area is 153 Å². The van der Waals surface area contributed by atoms with Crippen molar-refractivity contribution < 1.29 is 14.1 Å². The molecule has 1 heterocycles. The maximum absolute atomic E-state index is 12.6. The molecule has 1 aliphatic rings. The minimum absolute atomic E-state index is 0.109. The Bertz CT molecular complexity index is 1070. The van der Waals surface area contributed by atoms with E-state index in [0.717, 1.165) is 23.0 Å². The summed E-state index contributed by atoms with van der Waals surface area (Å²) in [5, 5.41) is 14.0. The van der Waals surface area contributed by atoms with Gasteiger partial charge in [-0.1, -0.05) is 30.3 Å². The van der Waals surface area contributed by atoms with Crippen molar-refractivity contribution in [1.29, 1.82) is 0 Å². The van der Waals surface area contributed by atoms with E-state index in [1.165, 1.54) is 18.2 Å². The molecule has 8 nitrogen and oxygen atoms in total. The molecule has 1 saturated carbocycles. The lowest BCUT2D eigenvalue weighted by atomic mass is 10.0. The average molecular weight is 367 g/mol. The summed E-state index contributed by atoms with van der Waals surface area (Å²) in [6.07, 6.45) is 2.08. The van der Waals surface area contributed by atoms with Crippen LogP contribution < -0.4 is 11.1 Å². The number of oxazole rings is 1. The van der Waals surface area contributed by atoms with E-state index in [9.17, 15) is 19.7 Å². The topological polar surface area (TPSA) is 107 Å². The van der Waals surface area contributed by atoms with Crippen LogP contribution in [0.2, 0.25) is 0 Å². The van der Waals surface area contributed by atoms with Crippen molar-refractivity contribution in [2.75, 3.05) is 0 Å². The van der Waals surface area contributed by atoms with Gasteiger partial charge >= 0.3 is 5.76 Å². The highest BCUT2D eigenvalue weighted by Crippen LogP contribution is 2.40. The van der Waals surface area contributed by atoms with Crippen LogP contribution in [0.4, 0.5) is 5.69 Å². The normalized spacial score (nSPS) is 14.8. The molecule has 0 radical (unpaired) electrons. The van der Waals surface area contributed by atoms with Crippen LogP contribution in [0.15, 0.2) is 57.7 Å². The summed E-state index contributed by atoms with van der Waals surface area (Å²) < 4.78 is 6.21. The molecule has 1 aromatic heterocycles. The summed E-state index contributed by atoms with van der Waals surface area (Å²) >= 11 is 0. The second-order valence-corrected chi connectivity index (χ2v) is 6.66. The summed E-state index contributed by atoms with van der Waals surface area (Å²) in [7, 11) is 0. The van der Waals surface area contributed by atoms with Gasteiger partial charge in [0.2, 0.25) is 5.91 Å². The third kappa shape index (κ3) is 3.46.